The first-order valence-electron chi connectivity index (χ1n) is 6.97. The van der Waals surface area contributed by atoms with Crippen LogP contribution in [-0.2, 0) is 4.79 Å². The van der Waals surface area contributed by atoms with Gasteiger partial charge in [0.1, 0.15) is 5.51 Å². The molecule has 1 amide bonds. The van der Waals surface area contributed by atoms with E-state index in [4.69, 9.17) is 11.6 Å². The summed E-state index contributed by atoms with van der Waals surface area (Å²) in [6, 6.07) is 5.81. The maximum Gasteiger partial charge on any atom is 0.225 e. The van der Waals surface area contributed by atoms with E-state index in [1.165, 1.54) is 23.1 Å². The largest absolute Gasteiger partial charge is 0.326 e. The zero-order valence-electron chi connectivity index (χ0n) is 11.7. The molecule has 1 saturated heterocycles. The second-order valence-electron chi connectivity index (χ2n) is 5.00. The first kappa shape index (κ1) is 15.7. The molecule has 0 bridgehead atoms. The first-order chi connectivity index (χ1) is 10.7. The molecule has 2 aromatic rings. The topological polar surface area (TPSA) is 66.9 Å². The van der Waals surface area contributed by atoms with Gasteiger partial charge in [0.15, 0.2) is 4.34 Å². The number of hydrogen-bond donors (Lipinski definition) is 2. The van der Waals surface area contributed by atoms with Crippen LogP contribution in [0.15, 0.2) is 32.9 Å². The number of carbonyl (C=O) groups is 1. The summed E-state index contributed by atoms with van der Waals surface area (Å²) in [4.78, 5) is 12.9. The van der Waals surface area contributed by atoms with Crippen LogP contribution in [-0.4, -0.2) is 28.7 Å². The number of carbonyl (C=O) groups excluding carboxylic acids is 1. The average molecular weight is 355 g/mol. The van der Waals surface area contributed by atoms with Crippen LogP contribution in [0, 0.1) is 0 Å². The smallest absolute Gasteiger partial charge is 0.225 e. The number of halogens is 1. The lowest BCUT2D eigenvalue weighted by atomic mass is 10.1. The standard InChI is InChI=1S/C14H15ClN4OS2/c15-11-6-10(18-13(20)7-9-2-1-5-16-9)3-4-12(11)22-14-19-17-8-21-14/h3-4,6,8-9,16H,1-2,5,7H2,(H,18,20). The SMILES string of the molecule is O=C(CC1CCCN1)Nc1ccc(Sc2nncs2)c(Cl)c1. The van der Waals surface area contributed by atoms with E-state index >= 15 is 0 Å². The zero-order valence-corrected chi connectivity index (χ0v) is 14.1. The Morgan fingerprint density at radius 3 is 3.14 bits per heavy atom. The van der Waals surface area contributed by atoms with Crippen molar-refractivity contribution in [3.63, 3.8) is 0 Å². The van der Waals surface area contributed by atoms with Crippen molar-refractivity contribution in [3.8, 4) is 0 Å². The fourth-order valence-electron chi connectivity index (χ4n) is 2.33. The lowest BCUT2D eigenvalue weighted by molar-refractivity contribution is -0.116. The van der Waals surface area contributed by atoms with E-state index in [0.717, 1.165) is 34.3 Å². The quantitative estimate of drug-likeness (QED) is 0.861. The zero-order chi connectivity index (χ0) is 15.4. The van der Waals surface area contributed by atoms with Crippen LogP contribution in [0.5, 0.6) is 0 Å². The van der Waals surface area contributed by atoms with Gasteiger partial charge in [-0.2, -0.15) is 0 Å². The van der Waals surface area contributed by atoms with Gasteiger partial charge >= 0.3 is 0 Å². The molecule has 0 saturated carbocycles. The number of nitrogens with one attached hydrogen (secondary N) is 2. The molecule has 116 valence electrons. The van der Waals surface area contributed by atoms with Gasteiger partial charge in [-0.05, 0) is 37.6 Å². The lowest BCUT2D eigenvalue weighted by Crippen LogP contribution is -2.27. The number of benzene rings is 1. The minimum Gasteiger partial charge on any atom is -0.326 e. The highest BCUT2D eigenvalue weighted by Gasteiger charge is 2.17. The van der Waals surface area contributed by atoms with Gasteiger partial charge in [-0.1, -0.05) is 34.7 Å². The van der Waals surface area contributed by atoms with Crippen LogP contribution in [0.2, 0.25) is 5.02 Å². The van der Waals surface area contributed by atoms with E-state index in [2.05, 4.69) is 20.8 Å². The molecule has 3 rings (SSSR count). The van der Waals surface area contributed by atoms with Crippen molar-refractivity contribution in [3.05, 3.63) is 28.7 Å². The fourth-order valence-corrected chi connectivity index (χ4v) is 4.06. The summed E-state index contributed by atoms with van der Waals surface area (Å²) in [6.07, 6.45) is 2.70. The van der Waals surface area contributed by atoms with Crippen LogP contribution < -0.4 is 10.6 Å². The van der Waals surface area contributed by atoms with Gasteiger partial charge in [-0.25, -0.2) is 0 Å². The molecule has 0 aliphatic carbocycles. The Balaban J connectivity index is 1.60. The maximum atomic E-state index is 12.0. The highest BCUT2D eigenvalue weighted by atomic mass is 35.5. The van der Waals surface area contributed by atoms with Crippen LogP contribution in [0.1, 0.15) is 19.3 Å². The fraction of sp³-hybridized carbons (Fsp3) is 0.357. The van der Waals surface area contributed by atoms with Crippen LogP contribution in [0.25, 0.3) is 0 Å². The summed E-state index contributed by atoms with van der Waals surface area (Å²) in [7, 11) is 0. The van der Waals surface area contributed by atoms with Gasteiger partial charge in [-0.15, -0.1) is 10.2 Å². The van der Waals surface area contributed by atoms with Crippen molar-refractivity contribution in [2.45, 2.75) is 34.5 Å². The Morgan fingerprint density at radius 2 is 2.45 bits per heavy atom. The van der Waals surface area contributed by atoms with Crippen molar-refractivity contribution >= 4 is 46.3 Å². The Labute approximate surface area is 141 Å². The van der Waals surface area contributed by atoms with E-state index in [9.17, 15) is 4.79 Å². The molecule has 1 aromatic heterocycles. The summed E-state index contributed by atoms with van der Waals surface area (Å²) >= 11 is 9.20. The number of nitrogens with zero attached hydrogens (tertiary/aromatic N) is 2. The Bertz CT molecular complexity index is 644. The molecule has 5 nitrogen and oxygen atoms in total. The third-order valence-corrected chi connectivity index (χ3v) is 5.63. The number of anilines is 1. The van der Waals surface area contributed by atoms with Crippen LogP contribution in [0.3, 0.4) is 0 Å². The first-order valence-corrected chi connectivity index (χ1v) is 9.05. The average Bonchev–Trinajstić information content (AvgIpc) is 3.15. The highest BCUT2D eigenvalue weighted by molar-refractivity contribution is 8.01. The summed E-state index contributed by atoms with van der Waals surface area (Å²) in [5.74, 6) is 0.0139. The van der Waals surface area contributed by atoms with Crippen molar-refractivity contribution in [1.29, 1.82) is 0 Å². The monoisotopic (exact) mass is 354 g/mol. The second-order valence-corrected chi connectivity index (χ2v) is 7.53. The van der Waals surface area contributed by atoms with E-state index in [1.54, 1.807) is 11.6 Å². The minimum absolute atomic E-state index is 0.0139. The Morgan fingerprint density at radius 1 is 1.55 bits per heavy atom. The Kier molecular flexibility index (Phi) is 5.30. The van der Waals surface area contributed by atoms with Gasteiger partial charge in [-0.3, -0.25) is 4.79 Å². The van der Waals surface area contributed by atoms with Gasteiger partial charge in [0.2, 0.25) is 5.91 Å². The van der Waals surface area contributed by atoms with Gasteiger partial charge in [0.25, 0.3) is 0 Å². The van der Waals surface area contributed by atoms with Crippen LogP contribution >= 0.6 is 34.7 Å². The molecule has 1 aromatic carbocycles. The molecule has 2 heterocycles. The normalized spacial score (nSPS) is 17.6. The predicted molar refractivity (Wildman–Crippen MR) is 89.8 cm³/mol. The summed E-state index contributed by atoms with van der Waals surface area (Å²) in [6.45, 7) is 1.00. The van der Waals surface area contributed by atoms with E-state index < -0.39 is 0 Å². The molecule has 0 spiro atoms. The van der Waals surface area contributed by atoms with Gasteiger partial charge < -0.3 is 10.6 Å². The third kappa shape index (κ3) is 4.19. The molecule has 22 heavy (non-hydrogen) atoms. The summed E-state index contributed by atoms with van der Waals surface area (Å²) in [5, 5.41) is 14.6. The third-order valence-electron chi connectivity index (χ3n) is 3.35. The van der Waals surface area contributed by atoms with E-state index in [-0.39, 0.29) is 5.91 Å². The van der Waals surface area contributed by atoms with Gasteiger partial charge in [0.05, 0.1) is 5.02 Å². The van der Waals surface area contributed by atoms with E-state index in [1.807, 2.05) is 12.1 Å². The molecule has 1 atom stereocenters. The molecule has 1 aliphatic heterocycles. The molecule has 2 N–H and O–H groups in total. The molecule has 1 aliphatic rings. The van der Waals surface area contributed by atoms with Crippen LogP contribution in [0.4, 0.5) is 5.69 Å². The molecule has 1 fully saturated rings. The summed E-state index contributed by atoms with van der Waals surface area (Å²) < 4.78 is 0.839. The number of aromatic nitrogens is 2. The van der Waals surface area contributed by atoms with Crippen molar-refractivity contribution < 1.29 is 4.79 Å². The number of hydrogen-bond acceptors (Lipinski definition) is 6. The number of amides is 1. The lowest BCUT2D eigenvalue weighted by Gasteiger charge is -2.11. The van der Waals surface area contributed by atoms with E-state index in [0.29, 0.717) is 17.5 Å². The second kappa shape index (κ2) is 7.41. The van der Waals surface area contributed by atoms with Crippen molar-refractivity contribution in [2.24, 2.45) is 0 Å². The molecular formula is C14H15ClN4OS2. The minimum atomic E-state index is 0.0139. The molecule has 8 heteroatoms. The molecule has 0 radical (unpaired) electrons. The predicted octanol–water partition coefficient (Wildman–Crippen LogP) is 3.42. The number of rotatable bonds is 5. The van der Waals surface area contributed by atoms with Crippen molar-refractivity contribution in [2.75, 3.05) is 11.9 Å². The van der Waals surface area contributed by atoms with Crippen molar-refractivity contribution in [1.82, 2.24) is 15.5 Å². The molecule has 1 unspecified atom stereocenters. The molecular weight excluding hydrogens is 340 g/mol. The maximum absolute atomic E-state index is 12.0. The Hall–Kier alpha value is -1.15. The highest BCUT2D eigenvalue weighted by Crippen LogP contribution is 2.35. The summed E-state index contributed by atoms with van der Waals surface area (Å²) in [5.41, 5.74) is 2.40. The van der Waals surface area contributed by atoms with Gasteiger partial charge in [0, 0.05) is 23.0 Å².